The van der Waals surface area contributed by atoms with Crippen molar-refractivity contribution in [2.24, 2.45) is 5.41 Å². The fourth-order valence-corrected chi connectivity index (χ4v) is 2.57. The lowest BCUT2D eigenvalue weighted by molar-refractivity contribution is 0.447. The van der Waals surface area contributed by atoms with Gasteiger partial charge in [0.2, 0.25) is 0 Å². The molecule has 0 radical (unpaired) electrons. The maximum atomic E-state index is 12.0. The van der Waals surface area contributed by atoms with Crippen molar-refractivity contribution in [3.63, 3.8) is 0 Å². The minimum Gasteiger partial charge on any atom is -0.396 e. The predicted molar refractivity (Wildman–Crippen MR) is 68.6 cm³/mol. The molecule has 0 saturated heterocycles. The summed E-state index contributed by atoms with van der Waals surface area (Å²) in [5, 5.41) is 8.87. The highest BCUT2D eigenvalue weighted by Gasteiger charge is 2.17. The Hall–Kier alpha value is -1.41. The van der Waals surface area contributed by atoms with Gasteiger partial charge in [0.05, 0.1) is 39.1 Å². The first-order valence-corrected chi connectivity index (χ1v) is 6.77. The molecular weight excluding hydrogens is 234 g/mol. The summed E-state index contributed by atoms with van der Waals surface area (Å²) in [5.74, 6) is 0.527. The first kappa shape index (κ1) is 13.7. The highest BCUT2D eigenvalue weighted by atomic mass is 32.2. The van der Waals surface area contributed by atoms with E-state index in [1.165, 1.54) is 6.20 Å². The van der Waals surface area contributed by atoms with Crippen LogP contribution in [0.1, 0.15) is 26.7 Å². The van der Waals surface area contributed by atoms with E-state index < -0.39 is 10.8 Å². The number of hydrogen-bond acceptors (Lipinski definition) is 4. The summed E-state index contributed by atoms with van der Waals surface area (Å²) in [7, 11) is -1.11. The minimum absolute atomic E-state index is 0.353. The van der Waals surface area contributed by atoms with E-state index in [1.807, 2.05) is 13.8 Å². The molecule has 17 heavy (non-hydrogen) atoms. The Morgan fingerprint density at radius 3 is 2.88 bits per heavy atom. The molecule has 5 heteroatoms. The predicted octanol–water partition coefficient (Wildman–Crippen LogP) is 2.10. The van der Waals surface area contributed by atoms with Crippen LogP contribution in [0.4, 0.5) is 5.69 Å². The minimum atomic E-state index is -1.11. The van der Waals surface area contributed by atoms with E-state index in [-0.39, 0.29) is 5.41 Å². The maximum absolute atomic E-state index is 12.0. The molecule has 0 amide bonds. The van der Waals surface area contributed by atoms with Crippen LogP contribution in [0.2, 0.25) is 0 Å². The molecule has 1 heterocycles. The Labute approximate surface area is 104 Å². The second-order valence-corrected chi connectivity index (χ2v) is 6.10. The average Bonchev–Trinajstić information content (AvgIpc) is 2.29. The molecule has 0 fully saturated rings. The molecule has 2 N–H and O–H groups in total. The van der Waals surface area contributed by atoms with Gasteiger partial charge in [-0.1, -0.05) is 0 Å². The van der Waals surface area contributed by atoms with Crippen molar-refractivity contribution >= 4 is 16.5 Å². The Morgan fingerprint density at radius 1 is 1.59 bits per heavy atom. The number of nitriles is 1. The first-order chi connectivity index (χ1) is 7.96. The lowest BCUT2D eigenvalue weighted by Gasteiger charge is -2.14. The third-order valence-electron chi connectivity index (χ3n) is 2.49. The van der Waals surface area contributed by atoms with Crippen molar-refractivity contribution in [2.75, 3.05) is 11.5 Å². The molecule has 1 rings (SSSR count). The maximum Gasteiger partial charge on any atom is 0.0683 e. The van der Waals surface area contributed by atoms with E-state index in [2.05, 4.69) is 11.1 Å². The van der Waals surface area contributed by atoms with Gasteiger partial charge in [-0.05, 0) is 32.8 Å². The lowest BCUT2D eigenvalue weighted by atomic mass is 9.90. The van der Waals surface area contributed by atoms with E-state index in [0.29, 0.717) is 16.3 Å². The fourth-order valence-electron chi connectivity index (χ4n) is 1.41. The number of rotatable bonds is 5. The summed E-state index contributed by atoms with van der Waals surface area (Å²) in [6, 6.07) is 3.91. The van der Waals surface area contributed by atoms with Crippen LogP contribution in [0.15, 0.2) is 23.4 Å². The summed E-state index contributed by atoms with van der Waals surface area (Å²) in [4.78, 5) is 4.49. The van der Waals surface area contributed by atoms with Crippen LogP contribution in [0.3, 0.4) is 0 Å². The van der Waals surface area contributed by atoms with Crippen molar-refractivity contribution in [3.05, 3.63) is 18.5 Å². The molecule has 0 bridgehead atoms. The van der Waals surface area contributed by atoms with Crippen LogP contribution in [0.5, 0.6) is 0 Å². The molecule has 92 valence electrons. The van der Waals surface area contributed by atoms with Gasteiger partial charge in [0.15, 0.2) is 0 Å². The van der Waals surface area contributed by atoms with E-state index in [1.54, 1.807) is 12.3 Å². The number of anilines is 1. The largest absolute Gasteiger partial charge is 0.396 e. The zero-order valence-electron chi connectivity index (χ0n) is 10.1. The van der Waals surface area contributed by atoms with Gasteiger partial charge in [-0.15, -0.1) is 0 Å². The SMILES string of the molecule is CC(C)(C#N)CCCS(=O)c1ccncc1N. The number of nitrogen functional groups attached to an aromatic ring is 1. The highest BCUT2D eigenvalue weighted by Crippen LogP contribution is 2.22. The van der Waals surface area contributed by atoms with Crippen molar-refractivity contribution in [1.29, 1.82) is 5.26 Å². The van der Waals surface area contributed by atoms with E-state index in [4.69, 9.17) is 11.0 Å². The van der Waals surface area contributed by atoms with E-state index in [0.717, 1.165) is 12.8 Å². The molecule has 0 aliphatic rings. The molecule has 0 saturated carbocycles. The van der Waals surface area contributed by atoms with Crippen molar-refractivity contribution in [1.82, 2.24) is 4.98 Å². The highest BCUT2D eigenvalue weighted by molar-refractivity contribution is 7.85. The second kappa shape index (κ2) is 5.78. The van der Waals surface area contributed by atoms with E-state index in [9.17, 15) is 4.21 Å². The quantitative estimate of drug-likeness (QED) is 0.869. The van der Waals surface area contributed by atoms with Gasteiger partial charge in [-0.3, -0.25) is 9.19 Å². The third kappa shape index (κ3) is 4.16. The van der Waals surface area contributed by atoms with Gasteiger partial charge in [-0.25, -0.2) is 0 Å². The zero-order valence-corrected chi connectivity index (χ0v) is 11.0. The van der Waals surface area contributed by atoms with Crippen LogP contribution in [-0.2, 0) is 10.8 Å². The van der Waals surface area contributed by atoms with Crippen LogP contribution >= 0.6 is 0 Å². The average molecular weight is 251 g/mol. The second-order valence-electron chi connectivity index (χ2n) is 4.56. The fraction of sp³-hybridized carbons (Fsp3) is 0.500. The Morgan fingerprint density at radius 2 is 2.29 bits per heavy atom. The molecule has 1 aromatic rings. The number of nitrogens with zero attached hydrogens (tertiary/aromatic N) is 2. The summed E-state index contributed by atoms with van der Waals surface area (Å²) in [6.07, 6.45) is 4.57. The first-order valence-electron chi connectivity index (χ1n) is 5.45. The molecule has 1 atom stereocenters. The molecule has 1 aromatic heterocycles. The number of pyridine rings is 1. The molecule has 1 unspecified atom stereocenters. The molecule has 4 nitrogen and oxygen atoms in total. The van der Waals surface area contributed by atoms with Gasteiger partial charge in [-0.2, -0.15) is 5.26 Å². The van der Waals surface area contributed by atoms with Gasteiger partial charge >= 0.3 is 0 Å². The monoisotopic (exact) mass is 251 g/mol. The smallest absolute Gasteiger partial charge is 0.0683 e. The summed E-state index contributed by atoms with van der Waals surface area (Å²) in [5.41, 5.74) is 5.81. The van der Waals surface area contributed by atoms with Crippen LogP contribution in [0, 0.1) is 16.7 Å². The third-order valence-corrected chi connectivity index (χ3v) is 4.01. The van der Waals surface area contributed by atoms with Gasteiger partial charge in [0.1, 0.15) is 0 Å². The standard InChI is InChI=1S/C12H17N3OS/c1-12(2,9-13)5-3-7-17(16)11-4-6-15-8-10(11)14/h4,6,8H,3,5,7,14H2,1-2H3. The summed E-state index contributed by atoms with van der Waals surface area (Å²) < 4.78 is 12.0. The number of nitrogens with two attached hydrogens (primary N) is 1. The molecule has 0 aromatic carbocycles. The topological polar surface area (TPSA) is 79.8 Å². The van der Waals surface area contributed by atoms with Gasteiger partial charge in [0, 0.05) is 11.9 Å². The van der Waals surface area contributed by atoms with Crippen LogP contribution in [-0.4, -0.2) is 14.9 Å². The van der Waals surface area contributed by atoms with Crippen molar-refractivity contribution in [3.8, 4) is 6.07 Å². The van der Waals surface area contributed by atoms with E-state index >= 15 is 0 Å². The van der Waals surface area contributed by atoms with Crippen molar-refractivity contribution < 1.29 is 4.21 Å². The van der Waals surface area contributed by atoms with Crippen LogP contribution in [0.25, 0.3) is 0 Å². The molecule has 0 spiro atoms. The van der Waals surface area contributed by atoms with Gasteiger partial charge < -0.3 is 5.73 Å². The summed E-state index contributed by atoms with van der Waals surface area (Å²) >= 11 is 0. The molecule has 0 aliphatic heterocycles. The number of hydrogen-bond donors (Lipinski definition) is 1. The van der Waals surface area contributed by atoms with Crippen molar-refractivity contribution in [2.45, 2.75) is 31.6 Å². The normalized spacial score (nSPS) is 13.0. The lowest BCUT2D eigenvalue weighted by Crippen LogP contribution is -2.10. The Balaban J connectivity index is 2.53. The Bertz CT molecular complexity index is 451. The summed E-state index contributed by atoms with van der Waals surface area (Å²) in [6.45, 7) is 3.77. The Kier molecular flexibility index (Phi) is 4.64. The number of aromatic nitrogens is 1. The molecule has 0 aliphatic carbocycles. The van der Waals surface area contributed by atoms with Crippen LogP contribution < -0.4 is 5.73 Å². The molecular formula is C12H17N3OS. The van der Waals surface area contributed by atoms with Gasteiger partial charge in [0.25, 0.3) is 0 Å². The zero-order chi connectivity index (χ0) is 12.9.